The maximum atomic E-state index is 11.9. The third kappa shape index (κ3) is 3.57. The first-order valence-corrected chi connectivity index (χ1v) is 6.78. The number of aryl methyl sites for hydroxylation is 1. The molecule has 1 atom stereocenters. The number of rotatable bonds is 4. The van der Waals surface area contributed by atoms with Crippen LogP contribution in [-0.4, -0.2) is 50.8 Å². The van der Waals surface area contributed by atoms with Crippen molar-refractivity contribution in [1.29, 1.82) is 0 Å². The van der Waals surface area contributed by atoms with E-state index in [0.29, 0.717) is 19.5 Å². The Kier molecular flexibility index (Phi) is 4.73. The zero-order valence-electron chi connectivity index (χ0n) is 11.6. The average Bonchev–Trinajstić information content (AvgIpc) is 2.77. The Balaban J connectivity index is 1.84. The third-order valence-corrected chi connectivity index (χ3v) is 3.48. The summed E-state index contributed by atoms with van der Waals surface area (Å²) in [7, 11) is 1.80. The molecule has 110 valence electrons. The normalized spacial score (nSPS) is 19.8. The standard InChI is InChI=1S/C13H20N4O3/c1-16-10(5-6-15-16)8-14-12(19)9-17-7-3-2-4-11(18)13(17)20/h5-6,11,18H,2-4,7-9H2,1H3,(H,14,19). The van der Waals surface area contributed by atoms with Gasteiger partial charge >= 0.3 is 0 Å². The van der Waals surface area contributed by atoms with Crippen molar-refractivity contribution in [2.45, 2.75) is 31.9 Å². The smallest absolute Gasteiger partial charge is 0.251 e. The van der Waals surface area contributed by atoms with Crippen LogP contribution in [0.4, 0.5) is 0 Å². The van der Waals surface area contributed by atoms with Gasteiger partial charge in [-0.2, -0.15) is 5.10 Å². The molecule has 1 unspecified atom stereocenters. The molecule has 0 bridgehead atoms. The van der Waals surface area contributed by atoms with E-state index in [1.54, 1.807) is 17.9 Å². The molecule has 7 nitrogen and oxygen atoms in total. The molecule has 2 rings (SSSR count). The average molecular weight is 280 g/mol. The van der Waals surface area contributed by atoms with Crippen molar-refractivity contribution in [3.05, 3.63) is 18.0 Å². The second kappa shape index (κ2) is 6.51. The predicted octanol–water partition coefficient (Wildman–Crippen LogP) is -0.590. The Hall–Kier alpha value is -1.89. The molecule has 0 spiro atoms. The van der Waals surface area contributed by atoms with Crippen molar-refractivity contribution in [1.82, 2.24) is 20.0 Å². The highest BCUT2D eigenvalue weighted by Gasteiger charge is 2.26. The van der Waals surface area contributed by atoms with Gasteiger partial charge in [0.1, 0.15) is 6.10 Å². The lowest BCUT2D eigenvalue weighted by atomic mass is 10.2. The summed E-state index contributed by atoms with van der Waals surface area (Å²) in [5, 5.41) is 16.4. The number of aliphatic hydroxyl groups excluding tert-OH is 1. The summed E-state index contributed by atoms with van der Waals surface area (Å²) in [5.41, 5.74) is 0.889. The minimum absolute atomic E-state index is 0.00621. The van der Waals surface area contributed by atoms with Crippen molar-refractivity contribution >= 4 is 11.8 Å². The number of carbonyl (C=O) groups is 2. The second-order valence-electron chi connectivity index (χ2n) is 4.99. The second-order valence-corrected chi connectivity index (χ2v) is 4.99. The van der Waals surface area contributed by atoms with Crippen LogP contribution >= 0.6 is 0 Å². The van der Waals surface area contributed by atoms with Crippen molar-refractivity contribution in [3.63, 3.8) is 0 Å². The molecular weight excluding hydrogens is 260 g/mol. The number of hydrogen-bond donors (Lipinski definition) is 2. The SMILES string of the molecule is Cn1nccc1CNC(=O)CN1CCCCC(O)C1=O. The predicted molar refractivity (Wildman–Crippen MR) is 71.5 cm³/mol. The highest BCUT2D eigenvalue weighted by Crippen LogP contribution is 2.11. The van der Waals surface area contributed by atoms with E-state index in [4.69, 9.17) is 0 Å². The lowest BCUT2D eigenvalue weighted by Crippen LogP contribution is -2.44. The highest BCUT2D eigenvalue weighted by atomic mass is 16.3. The Morgan fingerprint density at radius 2 is 2.35 bits per heavy atom. The van der Waals surface area contributed by atoms with Crippen molar-refractivity contribution in [2.24, 2.45) is 7.05 Å². The summed E-state index contributed by atoms with van der Waals surface area (Å²) in [6, 6.07) is 1.82. The first-order chi connectivity index (χ1) is 9.58. The molecule has 1 aliphatic heterocycles. The van der Waals surface area contributed by atoms with Gasteiger partial charge in [0.15, 0.2) is 0 Å². The van der Waals surface area contributed by atoms with Crippen molar-refractivity contribution < 1.29 is 14.7 Å². The molecule has 1 aromatic heterocycles. The number of aliphatic hydroxyl groups is 1. The molecule has 0 radical (unpaired) electrons. The fraction of sp³-hybridized carbons (Fsp3) is 0.615. The van der Waals surface area contributed by atoms with Gasteiger partial charge < -0.3 is 15.3 Å². The van der Waals surface area contributed by atoms with Crippen LogP contribution in [-0.2, 0) is 23.2 Å². The summed E-state index contributed by atoms with van der Waals surface area (Å²) in [6.07, 6.45) is 2.79. The third-order valence-electron chi connectivity index (χ3n) is 3.48. The van der Waals surface area contributed by atoms with E-state index in [2.05, 4.69) is 10.4 Å². The molecule has 0 aliphatic carbocycles. The van der Waals surface area contributed by atoms with Gasteiger partial charge in [0.25, 0.3) is 5.91 Å². The van der Waals surface area contributed by atoms with Gasteiger partial charge in [-0.05, 0) is 25.3 Å². The molecule has 1 aliphatic rings. The van der Waals surface area contributed by atoms with Gasteiger partial charge in [-0.3, -0.25) is 14.3 Å². The fourth-order valence-electron chi connectivity index (χ4n) is 2.23. The summed E-state index contributed by atoms with van der Waals surface area (Å²) in [4.78, 5) is 25.1. The van der Waals surface area contributed by atoms with Gasteiger partial charge in [0.05, 0.1) is 18.8 Å². The molecule has 1 aromatic rings. The van der Waals surface area contributed by atoms with Crippen LogP contribution in [0.1, 0.15) is 25.0 Å². The maximum Gasteiger partial charge on any atom is 0.251 e. The largest absolute Gasteiger partial charge is 0.383 e. The minimum atomic E-state index is -0.970. The van der Waals surface area contributed by atoms with E-state index in [1.807, 2.05) is 6.07 Å². The minimum Gasteiger partial charge on any atom is -0.383 e. The van der Waals surface area contributed by atoms with E-state index < -0.39 is 6.10 Å². The number of carbonyl (C=O) groups excluding carboxylic acids is 2. The van der Waals surface area contributed by atoms with Gasteiger partial charge in [-0.1, -0.05) is 0 Å². The van der Waals surface area contributed by atoms with Crippen molar-refractivity contribution in [3.8, 4) is 0 Å². The first kappa shape index (κ1) is 14.5. The van der Waals surface area contributed by atoms with Crippen molar-refractivity contribution in [2.75, 3.05) is 13.1 Å². The van der Waals surface area contributed by atoms with E-state index in [9.17, 15) is 14.7 Å². The number of hydrogen-bond acceptors (Lipinski definition) is 4. The Bertz CT molecular complexity index is 486. The molecule has 1 fully saturated rings. The summed E-state index contributed by atoms with van der Waals surface area (Å²) in [6.45, 7) is 0.892. The Labute approximate surface area is 117 Å². The fourth-order valence-corrected chi connectivity index (χ4v) is 2.23. The molecule has 2 amide bonds. The number of likely N-dealkylation sites (tertiary alicyclic amines) is 1. The lowest BCUT2D eigenvalue weighted by molar-refractivity contribution is -0.142. The van der Waals surface area contributed by atoms with Crippen LogP contribution in [0, 0.1) is 0 Å². The number of nitrogens with zero attached hydrogens (tertiary/aromatic N) is 3. The van der Waals surface area contributed by atoms with Crippen LogP contribution in [0.2, 0.25) is 0 Å². The van der Waals surface area contributed by atoms with E-state index in [-0.39, 0.29) is 18.4 Å². The Morgan fingerprint density at radius 1 is 1.55 bits per heavy atom. The lowest BCUT2D eigenvalue weighted by Gasteiger charge is -2.21. The van der Waals surface area contributed by atoms with Gasteiger partial charge in [-0.25, -0.2) is 0 Å². The summed E-state index contributed by atoms with van der Waals surface area (Å²) in [5.74, 6) is -0.577. The molecule has 0 saturated carbocycles. The van der Waals surface area contributed by atoms with Crippen LogP contribution in [0.15, 0.2) is 12.3 Å². The van der Waals surface area contributed by atoms with Crippen LogP contribution < -0.4 is 5.32 Å². The molecule has 1 saturated heterocycles. The topological polar surface area (TPSA) is 87.5 Å². The van der Waals surface area contributed by atoms with Gasteiger partial charge in [0.2, 0.25) is 5.91 Å². The molecule has 2 N–H and O–H groups in total. The monoisotopic (exact) mass is 280 g/mol. The molecule has 0 aromatic carbocycles. The molecule has 20 heavy (non-hydrogen) atoms. The summed E-state index contributed by atoms with van der Waals surface area (Å²) < 4.78 is 1.68. The number of amides is 2. The van der Waals surface area contributed by atoms with E-state index in [0.717, 1.165) is 18.5 Å². The zero-order valence-corrected chi connectivity index (χ0v) is 11.6. The quantitative estimate of drug-likeness (QED) is 0.771. The zero-order chi connectivity index (χ0) is 14.5. The van der Waals surface area contributed by atoms with Gasteiger partial charge in [-0.15, -0.1) is 0 Å². The highest BCUT2D eigenvalue weighted by molar-refractivity contribution is 5.87. The number of nitrogens with one attached hydrogen (secondary N) is 1. The van der Waals surface area contributed by atoms with Crippen LogP contribution in [0.5, 0.6) is 0 Å². The van der Waals surface area contributed by atoms with E-state index >= 15 is 0 Å². The molecular formula is C13H20N4O3. The maximum absolute atomic E-state index is 11.9. The first-order valence-electron chi connectivity index (χ1n) is 6.78. The summed E-state index contributed by atoms with van der Waals surface area (Å²) >= 11 is 0. The molecule has 7 heteroatoms. The Morgan fingerprint density at radius 3 is 3.05 bits per heavy atom. The van der Waals surface area contributed by atoms with Crippen LogP contribution in [0.25, 0.3) is 0 Å². The number of aromatic nitrogens is 2. The van der Waals surface area contributed by atoms with E-state index in [1.165, 1.54) is 4.90 Å². The van der Waals surface area contributed by atoms with Crippen LogP contribution in [0.3, 0.4) is 0 Å². The van der Waals surface area contributed by atoms with Gasteiger partial charge in [0, 0.05) is 19.8 Å². The molecule has 2 heterocycles.